The number of carbonyl (C=O) groups excluding carboxylic acids is 2. The van der Waals surface area contributed by atoms with Gasteiger partial charge in [0.1, 0.15) is 6.29 Å². The molecule has 15 heavy (non-hydrogen) atoms. The second-order valence-corrected chi connectivity index (χ2v) is 4.77. The fourth-order valence-electron chi connectivity index (χ4n) is 2.23. The fraction of sp³-hybridized carbons (Fsp3) is 0.818. The highest BCUT2D eigenvalue weighted by Crippen LogP contribution is 2.39. The van der Waals surface area contributed by atoms with Crippen molar-refractivity contribution in [2.45, 2.75) is 38.3 Å². The van der Waals surface area contributed by atoms with Crippen LogP contribution in [0.2, 0.25) is 0 Å². The van der Waals surface area contributed by atoms with E-state index in [0.29, 0.717) is 0 Å². The second kappa shape index (κ2) is 4.31. The van der Waals surface area contributed by atoms with E-state index in [2.05, 4.69) is 5.32 Å². The lowest BCUT2D eigenvalue weighted by molar-refractivity contribution is -0.128. The Labute approximate surface area is 91.0 Å². The van der Waals surface area contributed by atoms with Gasteiger partial charge in [-0.3, -0.25) is 10.1 Å². The third kappa shape index (κ3) is 2.20. The molecule has 4 nitrogen and oxygen atoms in total. The molecule has 4 heteroatoms. The highest BCUT2D eigenvalue weighted by Gasteiger charge is 2.41. The average molecular weight is 212 g/mol. The predicted molar refractivity (Wildman–Crippen MR) is 58.3 cm³/mol. The minimum absolute atomic E-state index is 0.204. The van der Waals surface area contributed by atoms with Gasteiger partial charge in [0.25, 0.3) is 0 Å². The van der Waals surface area contributed by atoms with E-state index < -0.39 is 0 Å². The van der Waals surface area contributed by atoms with Crippen molar-refractivity contribution in [3.63, 3.8) is 0 Å². The maximum atomic E-state index is 10.9. The number of nitrogens with zero attached hydrogens (tertiary/aromatic N) is 1. The largest absolute Gasteiger partial charge is 0.330 e. The summed E-state index contributed by atoms with van der Waals surface area (Å²) in [5.41, 5.74) is -0.464. The number of carbonyl (C=O) groups is 2. The molecule has 0 aromatic heterocycles. The molecule has 0 atom stereocenters. The van der Waals surface area contributed by atoms with Crippen LogP contribution < -0.4 is 5.32 Å². The SMILES string of the molecule is CNC1(N(C)C=O)CCC(C)(C=O)CC1. The van der Waals surface area contributed by atoms with Crippen LogP contribution in [0, 0.1) is 5.41 Å². The van der Waals surface area contributed by atoms with Crippen molar-refractivity contribution in [3.8, 4) is 0 Å². The van der Waals surface area contributed by atoms with E-state index in [9.17, 15) is 9.59 Å². The first-order valence-corrected chi connectivity index (χ1v) is 5.35. The maximum absolute atomic E-state index is 10.9. The van der Waals surface area contributed by atoms with Crippen LogP contribution in [0.1, 0.15) is 32.6 Å². The topological polar surface area (TPSA) is 49.4 Å². The predicted octanol–water partition coefficient (Wildman–Crippen LogP) is 0.769. The van der Waals surface area contributed by atoms with Crippen LogP contribution in [0.15, 0.2) is 0 Å². The van der Waals surface area contributed by atoms with Crippen LogP contribution in [0.25, 0.3) is 0 Å². The zero-order chi connectivity index (χ0) is 11.5. The average Bonchev–Trinajstić information content (AvgIpc) is 2.29. The number of nitrogens with one attached hydrogen (secondary N) is 1. The Morgan fingerprint density at radius 1 is 1.20 bits per heavy atom. The van der Waals surface area contributed by atoms with Gasteiger partial charge in [-0.25, -0.2) is 0 Å². The maximum Gasteiger partial charge on any atom is 0.210 e. The zero-order valence-corrected chi connectivity index (χ0v) is 9.75. The third-order valence-electron chi connectivity index (χ3n) is 3.80. The summed E-state index contributed by atoms with van der Waals surface area (Å²) < 4.78 is 0. The zero-order valence-electron chi connectivity index (χ0n) is 9.75. The number of aldehydes is 1. The molecular formula is C11H20N2O2. The lowest BCUT2D eigenvalue weighted by Gasteiger charge is -2.46. The van der Waals surface area contributed by atoms with Crippen molar-refractivity contribution in [1.29, 1.82) is 0 Å². The molecule has 0 saturated heterocycles. The Morgan fingerprint density at radius 3 is 2.07 bits per heavy atom. The molecule has 1 N–H and O–H groups in total. The molecule has 1 amide bonds. The first-order chi connectivity index (χ1) is 7.02. The standard InChI is InChI=1S/C11H20N2O2/c1-10(8-14)4-6-11(12-2,7-5-10)13(3)9-15/h8-9,12H,4-7H2,1-3H3. The summed E-state index contributed by atoms with van der Waals surface area (Å²) in [5.74, 6) is 0. The summed E-state index contributed by atoms with van der Waals surface area (Å²) in [6, 6.07) is 0. The van der Waals surface area contributed by atoms with Crippen LogP contribution in [0.3, 0.4) is 0 Å². The van der Waals surface area contributed by atoms with Gasteiger partial charge in [-0.1, -0.05) is 6.92 Å². The van der Waals surface area contributed by atoms with Crippen molar-refractivity contribution in [2.24, 2.45) is 5.41 Å². The van der Waals surface area contributed by atoms with E-state index in [-0.39, 0.29) is 11.1 Å². The molecule has 1 fully saturated rings. The number of hydrogen-bond acceptors (Lipinski definition) is 3. The summed E-state index contributed by atoms with van der Waals surface area (Å²) in [7, 11) is 3.65. The lowest BCUT2D eigenvalue weighted by atomic mass is 9.72. The van der Waals surface area contributed by atoms with E-state index >= 15 is 0 Å². The lowest BCUT2D eigenvalue weighted by Crippen LogP contribution is -2.58. The van der Waals surface area contributed by atoms with E-state index in [1.807, 2.05) is 14.0 Å². The molecular weight excluding hydrogens is 192 g/mol. The molecule has 1 saturated carbocycles. The summed E-state index contributed by atoms with van der Waals surface area (Å²) in [4.78, 5) is 23.4. The minimum Gasteiger partial charge on any atom is -0.330 e. The van der Waals surface area contributed by atoms with Crippen molar-refractivity contribution in [3.05, 3.63) is 0 Å². The van der Waals surface area contributed by atoms with Crippen molar-refractivity contribution >= 4 is 12.7 Å². The van der Waals surface area contributed by atoms with Crippen molar-refractivity contribution in [1.82, 2.24) is 10.2 Å². The summed E-state index contributed by atoms with van der Waals surface area (Å²) in [6.45, 7) is 1.99. The number of hydrogen-bond donors (Lipinski definition) is 1. The van der Waals surface area contributed by atoms with Crippen molar-refractivity contribution in [2.75, 3.05) is 14.1 Å². The van der Waals surface area contributed by atoms with Gasteiger partial charge < -0.3 is 9.69 Å². The van der Waals surface area contributed by atoms with Gasteiger partial charge in [0.05, 0.1) is 5.66 Å². The molecule has 86 valence electrons. The van der Waals surface area contributed by atoms with Gasteiger partial charge in [0.2, 0.25) is 6.41 Å². The molecule has 0 aromatic carbocycles. The van der Waals surface area contributed by atoms with Gasteiger partial charge in [0.15, 0.2) is 0 Å². The molecule has 0 bridgehead atoms. The first kappa shape index (κ1) is 12.2. The molecule has 1 aliphatic carbocycles. The number of amides is 1. The van der Waals surface area contributed by atoms with Crippen molar-refractivity contribution < 1.29 is 9.59 Å². The normalized spacial score (nSPS) is 35.9. The van der Waals surface area contributed by atoms with Crippen LogP contribution in [-0.4, -0.2) is 37.4 Å². The summed E-state index contributed by atoms with van der Waals surface area (Å²) in [5, 5.41) is 3.21. The van der Waals surface area contributed by atoms with Crippen LogP contribution in [-0.2, 0) is 9.59 Å². The molecule has 0 radical (unpaired) electrons. The highest BCUT2D eigenvalue weighted by molar-refractivity contribution is 5.59. The van der Waals surface area contributed by atoms with Gasteiger partial charge in [0, 0.05) is 12.5 Å². The Hall–Kier alpha value is -0.900. The Balaban J connectivity index is 2.74. The van der Waals surface area contributed by atoms with Crippen LogP contribution in [0.5, 0.6) is 0 Å². The molecule has 0 unspecified atom stereocenters. The van der Waals surface area contributed by atoms with Crippen LogP contribution >= 0.6 is 0 Å². The highest BCUT2D eigenvalue weighted by atomic mass is 16.1. The quantitative estimate of drug-likeness (QED) is 0.553. The summed E-state index contributed by atoms with van der Waals surface area (Å²) >= 11 is 0. The van der Waals surface area contributed by atoms with E-state index in [1.54, 1.807) is 11.9 Å². The van der Waals surface area contributed by atoms with Gasteiger partial charge in [-0.2, -0.15) is 0 Å². The Bertz CT molecular complexity index is 245. The second-order valence-electron chi connectivity index (χ2n) is 4.77. The first-order valence-electron chi connectivity index (χ1n) is 5.35. The summed E-state index contributed by atoms with van der Waals surface area (Å²) in [6.07, 6.45) is 5.21. The Morgan fingerprint density at radius 2 is 1.73 bits per heavy atom. The van der Waals surface area contributed by atoms with Crippen LogP contribution in [0.4, 0.5) is 0 Å². The minimum atomic E-state index is -0.260. The molecule has 1 aliphatic rings. The monoisotopic (exact) mass is 212 g/mol. The molecule has 0 spiro atoms. The van der Waals surface area contributed by atoms with Gasteiger partial charge >= 0.3 is 0 Å². The van der Waals surface area contributed by atoms with Gasteiger partial charge in [-0.05, 0) is 32.7 Å². The number of rotatable bonds is 4. The van der Waals surface area contributed by atoms with E-state index in [1.165, 1.54) is 0 Å². The molecule has 1 rings (SSSR count). The van der Waals surface area contributed by atoms with E-state index in [0.717, 1.165) is 38.4 Å². The fourth-order valence-corrected chi connectivity index (χ4v) is 2.23. The third-order valence-corrected chi connectivity index (χ3v) is 3.80. The van der Waals surface area contributed by atoms with E-state index in [4.69, 9.17) is 0 Å². The molecule has 0 heterocycles. The Kier molecular flexibility index (Phi) is 3.50. The smallest absolute Gasteiger partial charge is 0.210 e. The molecule has 0 aromatic rings. The van der Waals surface area contributed by atoms with Gasteiger partial charge in [-0.15, -0.1) is 0 Å². The molecule has 0 aliphatic heterocycles.